The summed E-state index contributed by atoms with van der Waals surface area (Å²) in [4.78, 5) is 19.2. The van der Waals surface area contributed by atoms with Gasteiger partial charge in [-0.25, -0.2) is 9.97 Å². The second-order valence-corrected chi connectivity index (χ2v) is 5.11. The topological polar surface area (TPSA) is 81.0 Å². The molecule has 0 saturated carbocycles. The highest BCUT2D eigenvalue weighted by Gasteiger charge is 2.23. The molecule has 0 unspecified atom stereocenters. The van der Waals surface area contributed by atoms with Crippen LogP contribution in [-0.4, -0.2) is 21.9 Å². The molecule has 1 N–H and O–H groups in total. The van der Waals surface area contributed by atoms with Crippen molar-refractivity contribution in [3.8, 4) is 11.3 Å². The molecule has 1 aromatic carbocycles. The Morgan fingerprint density at radius 3 is 2.29 bits per heavy atom. The van der Waals surface area contributed by atoms with Gasteiger partial charge in [-0.3, -0.25) is 10.1 Å². The van der Waals surface area contributed by atoms with Gasteiger partial charge in [0.25, 0.3) is 0 Å². The number of aromatic nitrogens is 2. The molecule has 110 valence electrons. The van der Waals surface area contributed by atoms with Gasteiger partial charge in [0, 0.05) is 12.6 Å². The molecular weight excluding hydrogens is 268 g/mol. The van der Waals surface area contributed by atoms with E-state index in [9.17, 15) is 10.1 Å². The number of nitro groups is 1. The van der Waals surface area contributed by atoms with Gasteiger partial charge in [0.15, 0.2) is 5.69 Å². The Balaban J connectivity index is 2.60. The summed E-state index contributed by atoms with van der Waals surface area (Å²) in [5, 5.41) is 14.1. The number of aryl methyl sites for hydroxylation is 1. The summed E-state index contributed by atoms with van der Waals surface area (Å²) < 4.78 is 0. The Hall–Kier alpha value is -2.50. The first-order valence-corrected chi connectivity index (χ1v) is 6.75. The highest BCUT2D eigenvalue weighted by atomic mass is 16.6. The monoisotopic (exact) mass is 286 g/mol. The van der Waals surface area contributed by atoms with E-state index in [1.807, 2.05) is 24.3 Å². The second kappa shape index (κ2) is 5.87. The molecule has 0 saturated heterocycles. The van der Waals surface area contributed by atoms with Crippen molar-refractivity contribution in [2.45, 2.75) is 26.7 Å². The largest absolute Gasteiger partial charge is 0.357 e. The predicted octanol–water partition coefficient (Wildman–Crippen LogP) is 3.53. The summed E-state index contributed by atoms with van der Waals surface area (Å²) in [6, 6.07) is 7.67. The van der Waals surface area contributed by atoms with Crippen molar-refractivity contribution >= 4 is 11.6 Å². The third kappa shape index (κ3) is 2.99. The fraction of sp³-hybridized carbons (Fsp3) is 0.333. The zero-order valence-corrected chi connectivity index (χ0v) is 12.5. The summed E-state index contributed by atoms with van der Waals surface area (Å²) in [5.74, 6) is 0.787. The molecule has 0 amide bonds. The van der Waals surface area contributed by atoms with Gasteiger partial charge in [-0.2, -0.15) is 0 Å². The van der Waals surface area contributed by atoms with E-state index in [0.717, 1.165) is 0 Å². The van der Waals surface area contributed by atoms with E-state index in [-0.39, 0.29) is 5.69 Å². The summed E-state index contributed by atoms with van der Waals surface area (Å²) in [6.45, 7) is 5.82. The minimum absolute atomic E-state index is 0.0497. The minimum Gasteiger partial charge on any atom is -0.357 e. The van der Waals surface area contributed by atoms with Crippen molar-refractivity contribution in [3.63, 3.8) is 0 Å². The average molecular weight is 286 g/mol. The van der Waals surface area contributed by atoms with Crippen LogP contribution in [0.4, 0.5) is 11.6 Å². The summed E-state index contributed by atoms with van der Waals surface area (Å²) in [7, 11) is 1.69. The second-order valence-electron chi connectivity index (χ2n) is 5.11. The highest BCUT2D eigenvalue weighted by molar-refractivity contribution is 5.72. The summed E-state index contributed by atoms with van der Waals surface area (Å²) >= 11 is 0. The van der Waals surface area contributed by atoms with Crippen LogP contribution < -0.4 is 5.32 Å². The van der Waals surface area contributed by atoms with Crippen LogP contribution in [0.25, 0.3) is 11.3 Å². The number of nitrogens with zero attached hydrogens (tertiary/aromatic N) is 3. The lowest BCUT2D eigenvalue weighted by molar-refractivity contribution is -0.385. The fourth-order valence-corrected chi connectivity index (χ4v) is 2.12. The first-order valence-electron chi connectivity index (χ1n) is 6.75. The molecule has 2 aromatic rings. The first kappa shape index (κ1) is 14.9. The maximum atomic E-state index is 11.3. The number of anilines is 1. The van der Waals surface area contributed by atoms with Gasteiger partial charge < -0.3 is 5.32 Å². The van der Waals surface area contributed by atoms with E-state index in [1.165, 1.54) is 5.56 Å². The molecule has 1 aromatic heterocycles. The quantitative estimate of drug-likeness (QED) is 0.687. The van der Waals surface area contributed by atoms with Crippen molar-refractivity contribution in [1.82, 2.24) is 9.97 Å². The zero-order chi connectivity index (χ0) is 15.6. The smallest absolute Gasteiger partial charge is 0.316 e. The summed E-state index contributed by atoms with van der Waals surface area (Å²) in [5.41, 5.74) is 2.54. The number of hydrogen-bond donors (Lipinski definition) is 1. The van der Waals surface area contributed by atoms with E-state index in [2.05, 4.69) is 29.1 Å². The van der Waals surface area contributed by atoms with E-state index in [0.29, 0.717) is 28.8 Å². The number of rotatable bonds is 4. The maximum Gasteiger partial charge on any atom is 0.316 e. The van der Waals surface area contributed by atoms with Crippen LogP contribution in [0.1, 0.15) is 31.0 Å². The lowest BCUT2D eigenvalue weighted by Gasteiger charge is -2.09. The molecule has 21 heavy (non-hydrogen) atoms. The molecule has 0 atom stereocenters. The Morgan fingerprint density at radius 1 is 1.19 bits per heavy atom. The summed E-state index contributed by atoms with van der Waals surface area (Å²) in [6.07, 6.45) is 0. The normalized spacial score (nSPS) is 10.7. The third-order valence-electron chi connectivity index (χ3n) is 3.32. The molecule has 0 aliphatic heterocycles. The van der Waals surface area contributed by atoms with Crippen LogP contribution in [0.3, 0.4) is 0 Å². The molecule has 0 radical (unpaired) electrons. The number of benzene rings is 1. The molecule has 0 bridgehead atoms. The van der Waals surface area contributed by atoms with Gasteiger partial charge in [0.05, 0.1) is 4.92 Å². The molecule has 1 heterocycles. The lowest BCUT2D eigenvalue weighted by atomic mass is 10.00. The Morgan fingerprint density at radius 2 is 1.81 bits per heavy atom. The standard InChI is InChI=1S/C15H18N4O2/c1-9(2)11-5-7-12(8-6-11)13-14(19(20)21)10(3)17-15(16-4)18-13/h5-9H,1-4H3,(H,16,17,18). The van der Waals surface area contributed by atoms with E-state index < -0.39 is 4.92 Å². The molecular formula is C15H18N4O2. The Kier molecular flexibility index (Phi) is 4.16. The third-order valence-corrected chi connectivity index (χ3v) is 3.32. The molecule has 0 spiro atoms. The molecule has 2 rings (SSSR count). The molecule has 6 heteroatoms. The molecule has 6 nitrogen and oxygen atoms in total. The van der Waals surface area contributed by atoms with Crippen molar-refractivity contribution < 1.29 is 4.92 Å². The average Bonchev–Trinajstić information content (AvgIpc) is 2.45. The van der Waals surface area contributed by atoms with Crippen LogP contribution in [-0.2, 0) is 0 Å². The minimum atomic E-state index is -0.430. The van der Waals surface area contributed by atoms with Crippen molar-refractivity contribution in [1.29, 1.82) is 0 Å². The van der Waals surface area contributed by atoms with Gasteiger partial charge in [-0.1, -0.05) is 38.1 Å². The maximum absolute atomic E-state index is 11.3. The van der Waals surface area contributed by atoms with E-state index in [1.54, 1.807) is 14.0 Å². The van der Waals surface area contributed by atoms with Crippen LogP contribution in [0.5, 0.6) is 0 Å². The molecule has 0 aliphatic carbocycles. The lowest BCUT2D eigenvalue weighted by Crippen LogP contribution is -2.05. The van der Waals surface area contributed by atoms with Crippen molar-refractivity contribution in [2.24, 2.45) is 0 Å². The SMILES string of the molecule is CNc1nc(C)c([N+](=O)[O-])c(-c2ccc(C(C)C)cc2)n1. The van der Waals surface area contributed by atoms with Gasteiger partial charge >= 0.3 is 5.69 Å². The zero-order valence-electron chi connectivity index (χ0n) is 12.5. The van der Waals surface area contributed by atoms with Crippen LogP contribution >= 0.6 is 0 Å². The Bertz CT molecular complexity index is 666. The molecule has 0 aliphatic rings. The fourth-order valence-electron chi connectivity index (χ4n) is 2.12. The first-order chi connectivity index (χ1) is 9.93. The van der Waals surface area contributed by atoms with Gasteiger partial charge in [0.2, 0.25) is 5.95 Å². The van der Waals surface area contributed by atoms with Crippen LogP contribution in [0, 0.1) is 17.0 Å². The van der Waals surface area contributed by atoms with Gasteiger partial charge in [-0.15, -0.1) is 0 Å². The van der Waals surface area contributed by atoms with E-state index >= 15 is 0 Å². The van der Waals surface area contributed by atoms with Crippen molar-refractivity contribution in [2.75, 3.05) is 12.4 Å². The van der Waals surface area contributed by atoms with Gasteiger partial charge in [0.1, 0.15) is 5.69 Å². The highest BCUT2D eigenvalue weighted by Crippen LogP contribution is 2.31. The Labute approximate surface area is 123 Å². The number of hydrogen-bond acceptors (Lipinski definition) is 5. The van der Waals surface area contributed by atoms with Gasteiger partial charge in [-0.05, 0) is 18.4 Å². The van der Waals surface area contributed by atoms with Crippen molar-refractivity contribution in [3.05, 3.63) is 45.6 Å². The molecule has 0 fully saturated rings. The van der Waals surface area contributed by atoms with Crippen LogP contribution in [0.15, 0.2) is 24.3 Å². The number of nitrogens with one attached hydrogen (secondary N) is 1. The predicted molar refractivity (Wildman–Crippen MR) is 82.5 cm³/mol. The van der Waals surface area contributed by atoms with Crippen LogP contribution in [0.2, 0.25) is 0 Å². The van der Waals surface area contributed by atoms with E-state index in [4.69, 9.17) is 0 Å².